The smallest absolute Gasteiger partial charge is 0.152 e. The zero-order valence-corrected chi connectivity index (χ0v) is 37.5. The fraction of sp³-hybridized carbons (Fsp3) is 0.522. The number of phenolic OH excluding ortho intramolecular Hbond substituents is 2. The Kier molecular flexibility index (Phi) is 20.7. The SMILES string of the molecule is CCNc1cccnc1N1CCN(CCCCc2cc(C)c(O)c(C)c2)CC1.CCNc1cccnc1N1CCN(CCCCc2cc(C)c(O)c(C)c2)CC1.Cl.Cl. The Morgan fingerprint density at radius 2 is 0.879 bits per heavy atom. The van der Waals surface area contributed by atoms with E-state index in [0.29, 0.717) is 11.5 Å². The Labute approximate surface area is 361 Å². The highest BCUT2D eigenvalue weighted by Gasteiger charge is 2.21. The summed E-state index contributed by atoms with van der Waals surface area (Å²) in [4.78, 5) is 19.1. The van der Waals surface area contributed by atoms with Gasteiger partial charge in [0.25, 0.3) is 0 Å². The monoisotopic (exact) mass is 836 g/mol. The molecular formula is C46H70Cl2N8O2. The van der Waals surface area contributed by atoms with Crippen LogP contribution in [0.15, 0.2) is 60.9 Å². The summed E-state index contributed by atoms with van der Waals surface area (Å²) in [5, 5.41) is 26.6. The normalized spacial score (nSPS) is 14.5. The van der Waals surface area contributed by atoms with Gasteiger partial charge in [-0.1, -0.05) is 24.3 Å². The van der Waals surface area contributed by atoms with Gasteiger partial charge in [-0.15, -0.1) is 24.8 Å². The number of unbranched alkanes of at least 4 members (excludes halogenated alkanes) is 2. The lowest BCUT2D eigenvalue weighted by Crippen LogP contribution is -2.47. The molecule has 2 aromatic carbocycles. The van der Waals surface area contributed by atoms with Crippen LogP contribution >= 0.6 is 24.8 Å². The van der Waals surface area contributed by atoms with Gasteiger partial charge in [0.2, 0.25) is 0 Å². The maximum atomic E-state index is 9.90. The molecule has 2 aliphatic heterocycles. The molecule has 4 heterocycles. The maximum absolute atomic E-state index is 9.90. The van der Waals surface area contributed by atoms with Crippen molar-refractivity contribution in [3.63, 3.8) is 0 Å². The minimum absolute atomic E-state index is 0. The van der Waals surface area contributed by atoms with E-state index in [1.807, 2.05) is 52.2 Å². The van der Waals surface area contributed by atoms with Crippen molar-refractivity contribution < 1.29 is 10.2 Å². The van der Waals surface area contributed by atoms with Gasteiger partial charge in [-0.25, -0.2) is 9.97 Å². The quantitative estimate of drug-likeness (QED) is 0.0820. The maximum Gasteiger partial charge on any atom is 0.152 e. The van der Waals surface area contributed by atoms with Crippen molar-refractivity contribution in [2.24, 2.45) is 0 Å². The second-order valence-electron chi connectivity index (χ2n) is 15.5. The number of aromatic nitrogens is 2. The van der Waals surface area contributed by atoms with Crippen molar-refractivity contribution >= 4 is 47.8 Å². The van der Waals surface area contributed by atoms with Gasteiger partial charge in [-0.2, -0.15) is 0 Å². The van der Waals surface area contributed by atoms with Gasteiger partial charge in [0, 0.05) is 77.8 Å². The molecule has 58 heavy (non-hydrogen) atoms. The van der Waals surface area contributed by atoms with Gasteiger partial charge in [0.15, 0.2) is 11.6 Å². The van der Waals surface area contributed by atoms with E-state index in [1.165, 1.54) is 36.8 Å². The number of pyridine rings is 2. The number of nitrogens with one attached hydrogen (secondary N) is 2. The summed E-state index contributed by atoms with van der Waals surface area (Å²) in [5.41, 5.74) is 8.88. The number of halogens is 2. The number of hydrogen-bond acceptors (Lipinski definition) is 10. The molecule has 0 atom stereocenters. The fourth-order valence-corrected chi connectivity index (χ4v) is 8.03. The molecule has 10 nitrogen and oxygen atoms in total. The van der Waals surface area contributed by atoms with E-state index in [-0.39, 0.29) is 24.8 Å². The van der Waals surface area contributed by atoms with E-state index in [1.54, 1.807) is 0 Å². The highest BCUT2D eigenvalue weighted by molar-refractivity contribution is 5.85. The third kappa shape index (κ3) is 14.1. The molecule has 4 aromatic rings. The first-order valence-electron chi connectivity index (χ1n) is 21.1. The molecule has 320 valence electrons. The van der Waals surface area contributed by atoms with Crippen LogP contribution in [0.3, 0.4) is 0 Å². The summed E-state index contributed by atoms with van der Waals surface area (Å²) in [6, 6.07) is 16.7. The molecule has 6 rings (SSSR count). The molecule has 2 fully saturated rings. The third-order valence-electron chi connectivity index (χ3n) is 11.1. The second kappa shape index (κ2) is 24.8. The third-order valence-corrected chi connectivity index (χ3v) is 11.1. The van der Waals surface area contributed by atoms with Crippen LogP contribution in [0.1, 0.15) is 72.9 Å². The molecule has 2 aliphatic rings. The highest BCUT2D eigenvalue weighted by Crippen LogP contribution is 2.27. The van der Waals surface area contributed by atoms with Gasteiger partial charge in [0.1, 0.15) is 11.5 Å². The molecule has 0 spiro atoms. The van der Waals surface area contributed by atoms with Crippen LogP contribution in [-0.2, 0) is 12.8 Å². The van der Waals surface area contributed by atoms with E-state index >= 15 is 0 Å². The van der Waals surface area contributed by atoms with Crippen molar-refractivity contribution in [2.75, 3.05) is 99.0 Å². The van der Waals surface area contributed by atoms with Gasteiger partial charge in [0.05, 0.1) is 11.4 Å². The van der Waals surface area contributed by atoms with Crippen LogP contribution in [0, 0.1) is 27.7 Å². The predicted molar refractivity (Wildman–Crippen MR) is 250 cm³/mol. The summed E-state index contributed by atoms with van der Waals surface area (Å²) in [6.07, 6.45) is 10.7. The minimum atomic E-state index is 0. The number of piperazine rings is 2. The number of nitrogens with zero attached hydrogens (tertiary/aromatic N) is 6. The molecular weight excluding hydrogens is 767 g/mol. The van der Waals surface area contributed by atoms with Crippen LogP contribution in [0.2, 0.25) is 0 Å². The van der Waals surface area contributed by atoms with Gasteiger partial charge >= 0.3 is 0 Å². The number of phenols is 2. The zero-order valence-electron chi connectivity index (χ0n) is 35.9. The lowest BCUT2D eigenvalue weighted by atomic mass is 10.0. The molecule has 0 amide bonds. The number of aryl methyl sites for hydroxylation is 6. The first-order valence-corrected chi connectivity index (χ1v) is 21.1. The van der Waals surface area contributed by atoms with E-state index in [9.17, 15) is 10.2 Å². The molecule has 0 aliphatic carbocycles. The Hall–Kier alpha value is -3.96. The van der Waals surface area contributed by atoms with Crippen LogP contribution in [0.25, 0.3) is 0 Å². The van der Waals surface area contributed by atoms with Crippen LogP contribution in [-0.4, -0.2) is 109 Å². The van der Waals surface area contributed by atoms with E-state index < -0.39 is 0 Å². The average Bonchev–Trinajstić information content (AvgIpc) is 3.21. The number of benzene rings is 2. The van der Waals surface area contributed by atoms with Crippen LogP contribution < -0.4 is 20.4 Å². The minimum Gasteiger partial charge on any atom is -0.507 e. The molecule has 0 saturated carbocycles. The van der Waals surface area contributed by atoms with Crippen LogP contribution in [0.4, 0.5) is 23.0 Å². The molecule has 0 radical (unpaired) electrons. The van der Waals surface area contributed by atoms with E-state index in [0.717, 1.165) is 137 Å². The Bertz CT molecular complexity index is 1640. The lowest BCUT2D eigenvalue weighted by molar-refractivity contribution is 0.252. The van der Waals surface area contributed by atoms with E-state index in [4.69, 9.17) is 0 Å². The van der Waals surface area contributed by atoms with Gasteiger partial charge in [-0.3, -0.25) is 9.80 Å². The highest BCUT2D eigenvalue weighted by atomic mass is 35.5. The van der Waals surface area contributed by atoms with Crippen molar-refractivity contribution in [3.05, 3.63) is 94.3 Å². The summed E-state index contributed by atoms with van der Waals surface area (Å²) >= 11 is 0. The molecule has 2 saturated heterocycles. The standard InChI is InChI=1S/2C23H34N4O.2ClH/c2*1-4-24-21-9-7-10-25-23(21)27-14-12-26(13-15-27)11-6-5-8-20-16-18(2)22(28)19(3)17-20;;/h2*7,9-10,16-17,24,28H,4-6,8,11-15H2,1-3H3;2*1H. The van der Waals surface area contributed by atoms with Crippen molar-refractivity contribution in [2.45, 2.75) is 80.1 Å². The Balaban J connectivity index is 0.000000300. The van der Waals surface area contributed by atoms with Crippen molar-refractivity contribution in [1.29, 1.82) is 0 Å². The predicted octanol–water partition coefficient (Wildman–Crippen LogP) is 8.81. The lowest BCUT2D eigenvalue weighted by Gasteiger charge is -2.36. The van der Waals surface area contributed by atoms with Crippen molar-refractivity contribution in [1.82, 2.24) is 19.8 Å². The summed E-state index contributed by atoms with van der Waals surface area (Å²) in [6.45, 7) is 24.8. The largest absolute Gasteiger partial charge is 0.507 e. The number of rotatable bonds is 16. The molecule has 0 bridgehead atoms. The first-order chi connectivity index (χ1) is 27.2. The summed E-state index contributed by atoms with van der Waals surface area (Å²) < 4.78 is 0. The Morgan fingerprint density at radius 1 is 0.534 bits per heavy atom. The van der Waals surface area contributed by atoms with Crippen molar-refractivity contribution in [3.8, 4) is 11.5 Å². The average molecular weight is 838 g/mol. The first kappa shape index (κ1) is 48.4. The topological polar surface area (TPSA) is 103 Å². The summed E-state index contributed by atoms with van der Waals surface area (Å²) in [5.74, 6) is 3.04. The number of hydrogen-bond donors (Lipinski definition) is 4. The Morgan fingerprint density at radius 3 is 1.21 bits per heavy atom. The van der Waals surface area contributed by atoms with E-state index in [2.05, 4.69) is 90.4 Å². The fourth-order valence-electron chi connectivity index (χ4n) is 8.03. The molecule has 4 N–H and O–H groups in total. The number of anilines is 4. The van der Waals surface area contributed by atoms with Crippen LogP contribution in [0.5, 0.6) is 11.5 Å². The second-order valence-corrected chi connectivity index (χ2v) is 15.5. The number of aromatic hydroxyl groups is 2. The molecule has 0 unspecified atom stereocenters. The van der Waals surface area contributed by atoms with Gasteiger partial charge < -0.3 is 30.6 Å². The zero-order chi connectivity index (χ0) is 39.9. The molecule has 2 aromatic heterocycles. The molecule has 12 heteroatoms. The van der Waals surface area contributed by atoms with Gasteiger partial charge in [-0.05, 0) is 151 Å². The summed E-state index contributed by atoms with van der Waals surface area (Å²) in [7, 11) is 0.